The molecule has 0 atom stereocenters. The van der Waals surface area contributed by atoms with Gasteiger partial charge in [0.25, 0.3) is 5.56 Å². The Bertz CT molecular complexity index is 1130. The van der Waals surface area contributed by atoms with E-state index in [0.29, 0.717) is 22.4 Å². The summed E-state index contributed by atoms with van der Waals surface area (Å²) in [5, 5.41) is 0.787. The Hall–Kier alpha value is -3.67. The third-order valence-electron chi connectivity index (χ3n) is 4.01. The first-order valence-corrected chi connectivity index (χ1v) is 7.93. The summed E-state index contributed by atoms with van der Waals surface area (Å²) >= 11 is 0. The number of hydrogen-bond acceptors (Lipinski definition) is 5. The number of esters is 1. The fourth-order valence-electron chi connectivity index (χ4n) is 2.70. The highest BCUT2D eigenvalue weighted by Crippen LogP contribution is 2.21. The number of hydrogen-bond donors (Lipinski definition) is 1. The minimum atomic E-state index is -0.589. The number of ether oxygens (including phenoxy) is 2. The van der Waals surface area contributed by atoms with E-state index in [-0.39, 0.29) is 17.2 Å². The lowest BCUT2D eigenvalue weighted by Gasteiger charge is -2.03. The predicted octanol–water partition coefficient (Wildman–Crippen LogP) is 2.88. The van der Waals surface area contributed by atoms with Gasteiger partial charge in [0.05, 0.1) is 7.11 Å². The van der Waals surface area contributed by atoms with Gasteiger partial charge < -0.3 is 14.5 Å². The maximum absolute atomic E-state index is 12.3. The van der Waals surface area contributed by atoms with Gasteiger partial charge in [0.2, 0.25) is 5.90 Å². The van der Waals surface area contributed by atoms with Crippen molar-refractivity contribution in [3.63, 3.8) is 0 Å². The van der Waals surface area contributed by atoms with Crippen LogP contribution in [0.4, 0.5) is 0 Å². The number of carbonyl (C=O) groups is 1. The van der Waals surface area contributed by atoms with Crippen molar-refractivity contribution < 1.29 is 14.3 Å². The molecule has 4 rings (SSSR count). The van der Waals surface area contributed by atoms with Crippen LogP contribution in [0.25, 0.3) is 17.0 Å². The van der Waals surface area contributed by atoms with Crippen molar-refractivity contribution in [2.45, 2.75) is 0 Å². The third-order valence-corrected chi connectivity index (χ3v) is 4.01. The number of fused-ring (bicyclic) bond motifs is 1. The van der Waals surface area contributed by atoms with Gasteiger partial charge in [0.15, 0.2) is 5.70 Å². The number of aromatic amines is 1. The van der Waals surface area contributed by atoms with Crippen molar-refractivity contribution in [1.29, 1.82) is 0 Å². The molecule has 6 heteroatoms. The molecule has 2 aromatic carbocycles. The summed E-state index contributed by atoms with van der Waals surface area (Å²) in [6, 6.07) is 16.1. The zero-order chi connectivity index (χ0) is 18.1. The van der Waals surface area contributed by atoms with Crippen LogP contribution < -0.4 is 10.3 Å². The lowest BCUT2D eigenvalue weighted by Crippen LogP contribution is -2.10. The summed E-state index contributed by atoms with van der Waals surface area (Å²) in [6.45, 7) is 0. The summed E-state index contributed by atoms with van der Waals surface area (Å²) < 4.78 is 10.4. The highest BCUT2D eigenvalue weighted by molar-refractivity contribution is 6.12. The molecule has 1 aliphatic heterocycles. The number of aliphatic imine (C=N–C) groups is 1. The summed E-state index contributed by atoms with van der Waals surface area (Å²) in [5.41, 5.74) is 1.46. The summed E-state index contributed by atoms with van der Waals surface area (Å²) in [4.78, 5) is 31.4. The highest BCUT2D eigenvalue weighted by Gasteiger charge is 2.24. The van der Waals surface area contributed by atoms with Crippen molar-refractivity contribution in [2.24, 2.45) is 4.99 Å². The van der Waals surface area contributed by atoms with E-state index in [1.807, 2.05) is 18.2 Å². The highest BCUT2D eigenvalue weighted by atomic mass is 16.6. The number of methoxy groups -OCH3 is 1. The van der Waals surface area contributed by atoms with Gasteiger partial charge in [0, 0.05) is 22.0 Å². The van der Waals surface area contributed by atoms with E-state index < -0.39 is 5.97 Å². The molecule has 6 nitrogen and oxygen atoms in total. The van der Waals surface area contributed by atoms with E-state index in [2.05, 4.69) is 9.98 Å². The van der Waals surface area contributed by atoms with Crippen molar-refractivity contribution in [3.05, 3.63) is 81.8 Å². The second-order valence-corrected chi connectivity index (χ2v) is 5.71. The number of H-pyrrole nitrogens is 1. The molecule has 3 aromatic rings. The van der Waals surface area contributed by atoms with Crippen molar-refractivity contribution >= 4 is 28.8 Å². The molecular weight excluding hydrogens is 332 g/mol. The molecule has 0 aliphatic carbocycles. The average Bonchev–Trinajstić information content (AvgIpc) is 3.03. The van der Waals surface area contributed by atoms with Gasteiger partial charge in [-0.25, -0.2) is 9.79 Å². The zero-order valence-electron chi connectivity index (χ0n) is 13.9. The van der Waals surface area contributed by atoms with Crippen molar-refractivity contribution in [1.82, 2.24) is 4.98 Å². The van der Waals surface area contributed by atoms with Crippen LogP contribution in [-0.4, -0.2) is 24.0 Å². The van der Waals surface area contributed by atoms with Gasteiger partial charge in [-0.2, -0.15) is 0 Å². The number of nitrogens with zero attached hydrogens (tertiary/aromatic N) is 1. The molecule has 0 saturated carbocycles. The fourth-order valence-corrected chi connectivity index (χ4v) is 2.70. The summed E-state index contributed by atoms with van der Waals surface area (Å²) in [7, 11) is 1.57. The van der Waals surface area contributed by atoms with E-state index in [1.165, 1.54) is 6.08 Å². The fraction of sp³-hybridized carbons (Fsp3) is 0.0500. The largest absolute Gasteiger partial charge is 0.497 e. The molecule has 128 valence electrons. The molecule has 0 spiro atoms. The number of carbonyl (C=O) groups excluding carboxylic acids is 1. The lowest BCUT2D eigenvalue weighted by molar-refractivity contribution is -0.129. The van der Waals surface area contributed by atoms with Gasteiger partial charge in [-0.3, -0.25) is 4.79 Å². The van der Waals surface area contributed by atoms with Crippen molar-refractivity contribution in [2.75, 3.05) is 7.11 Å². The smallest absolute Gasteiger partial charge is 0.363 e. The Labute approximate surface area is 148 Å². The molecule has 26 heavy (non-hydrogen) atoms. The Morgan fingerprint density at radius 3 is 2.65 bits per heavy atom. The Morgan fingerprint density at radius 1 is 1.08 bits per heavy atom. The van der Waals surface area contributed by atoms with E-state index in [1.54, 1.807) is 43.5 Å². The van der Waals surface area contributed by atoms with E-state index in [4.69, 9.17) is 9.47 Å². The van der Waals surface area contributed by atoms with Crippen LogP contribution >= 0.6 is 0 Å². The standard InChI is InChI=1S/C20H14N2O4/c1-25-15-7-8-16-13(10-15)9-14(18(23)21-16)11-17-20(24)26-19(22-17)12-5-3-2-4-6-12/h2-11H,1H3,(H,21,23). The van der Waals surface area contributed by atoms with Crippen LogP contribution in [0.2, 0.25) is 0 Å². The molecule has 1 aromatic heterocycles. The maximum atomic E-state index is 12.3. The third kappa shape index (κ3) is 2.88. The number of nitrogens with one attached hydrogen (secondary N) is 1. The first-order chi connectivity index (χ1) is 12.6. The molecule has 0 bridgehead atoms. The topological polar surface area (TPSA) is 80.8 Å². The number of aromatic nitrogens is 1. The van der Waals surface area contributed by atoms with Gasteiger partial charge in [0.1, 0.15) is 5.75 Å². The van der Waals surface area contributed by atoms with Crippen LogP contribution in [0.5, 0.6) is 5.75 Å². The Morgan fingerprint density at radius 2 is 1.88 bits per heavy atom. The molecule has 0 radical (unpaired) electrons. The minimum Gasteiger partial charge on any atom is -0.497 e. The number of pyridine rings is 1. The molecule has 0 fully saturated rings. The molecule has 2 heterocycles. The average molecular weight is 346 g/mol. The summed E-state index contributed by atoms with van der Waals surface area (Å²) in [5.74, 6) is 0.308. The first kappa shape index (κ1) is 15.8. The minimum absolute atomic E-state index is 0.0802. The van der Waals surface area contributed by atoms with Crippen LogP contribution in [0.3, 0.4) is 0 Å². The van der Waals surface area contributed by atoms with Crippen LogP contribution in [0.1, 0.15) is 11.1 Å². The first-order valence-electron chi connectivity index (χ1n) is 7.93. The SMILES string of the molecule is COc1ccc2[nH]c(=O)c(C=C3N=C(c4ccccc4)OC3=O)cc2c1. The molecule has 0 amide bonds. The Balaban J connectivity index is 1.78. The van der Waals surface area contributed by atoms with Gasteiger partial charge in [-0.15, -0.1) is 0 Å². The number of rotatable bonds is 3. The second kappa shape index (κ2) is 6.33. The van der Waals surface area contributed by atoms with E-state index in [0.717, 1.165) is 5.39 Å². The Kier molecular flexibility index (Phi) is 3.85. The zero-order valence-corrected chi connectivity index (χ0v) is 13.9. The van der Waals surface area contributed by atoms with Crippen LogP contribution in [-0.2, 0) is 9.53 Å². The second-order valence-electron chi connectivity index (χ2n) is 5.71. The normalized spacial score (nSPS) is 15.2. The monoisotopic (exact) mass is 346 g/mol. The molecule has 0 saturated heterocycles. The lowest BCUT2D eigenvalue weighted by atomic mass is 10.1. The van der Waals surface area contributed by atoms with Crippen LogP contribution in [0.15, 0.2) is 70.1 Å². The quantitative estimate of drug-likeness (QED) is 0.584. The van der Waals surface area contributed by atoms with Gasteiger partial charge in [-0.1, -0.05) is 18.2 Å². The number of benzene rings is 2. The number of cyclic esters (lactones) is 1. The maximum Gasteiger partial charge on any atom is 0.363 e. The van der Waals surface area contributed by atoms with E-state index >= 15 is 0 Å². The molecule has 1 N–H and O–H groups in total. The van der Waals surface area contributed by atoms with Gasteiger partial charge in [-0.05, 0) is 42.5 Å². The van der Waals surface area contributed by atoms with Crippen molar-refractivity contribution in [3.8, 4) is 5.75 Å². The predicted molar refractivity (Wildman–Crippen MR) is 98.2 cm³/mol. The summed E-state index contributed by atoms with van der Waals surface area (Å²) in [6.07, 6.45) is 1.43. The van der Waals surface area contributed by atoms with Gasteiger partial charge >= 0.3 is 5.97 Å². The van der Waals surface area contributed by atoms with Crippen LogP contribution in [0, 0.1) is 0 Å². The van der Waals surface area contributed by atoms with E-state index in [9.17, 15) is 9.59 Å². The molecule has 0 unspecified atom stereocenters. The molecular formula is C20H14N2O4. The molecule has 1 aliphatic rings.